The van der Waals surface area contributed by atoms with Gasteiger partial charge in [-0.25, -0.2) is 0 Å². The Labute approximate surface area is 165 Å². The second-order valence-electron chi connectivity index (χ2n) is 6.63. The first-order valence-electron chi connectivity index (χ1n) is 8.71. The van der Waals surface area contributed by atoms with Gasteiger partial charge in [-0.1, -0.05) is 18.5 Å². The van der Waals surface area contributed by atoms with Crippen molar-refractivity contribution in [3.8, 4) is 0 Å². The Morgan fingerprint density at radius 3 is 2.41 bits per heavy atom. The van der Waals surface area contributed by atoms with Gasteiger partial charge in [-0.15, -0.1) is 11.8 Å². The summed E-state index contributed by atoms with van der Waals surface area (Å²) in [5.41, 5.74) is -0.880. The lowest BCUT2D eigenvalue weighted by Gasteiger charge is -2.25. The molecule has 3 nitrogen and oxygen atoms in total. The van der Waals surface area contributed by atoms with Crippen molar-refractivity contribution in [1.82, 2.24) is 0 Å². The van der Waals surface area contributed by atoms with Crippen molar-refractivity contribution in [2.45, 2.75) is 50.1 Å². The molecule has 27 heavy (non-hydrogen) atoms. The number of Topliss-reactive ketones (excluding diaryl/α,β-unsaturated/α-hetero) is 3. The summed E-state index contributed by atoms with van der Waals surface area (Å²) in [4.78, 5) is 36.7. The largest absolute Gasteiger partial charge is 0.417 e. The third kappa shape index (κ3) is 5.82. The number of rotatable bonds is 7. The summed E-state index contributed by atoms with van der Waals surface area (Å²) in [6, 6.07) is 3.73. The van der Waals surface area contributed by atoms with Gasteiger partial charge in [0.1, 0.15) is 5.92 Å². The zero-order chi connectivity index (χ0) is 20.2. The van der Waals surface area contributed by atoms with Gasteiger partial charge in [0.25, 0.3) is 0 Å². The summed E-state index contributed by atoms with van der Waals surface area (Å²) in [6.07, 6.45) is -2.85. The Balaban J connectivity index is 1.91. The van der Waals surface area contributed by atoms with Crippen molar-refractivity contribution in [2.24, 2.45) is 11.8 Å². The third-order valence-corrected chi connectivity index (χ3v) is 5.84. The van der Waals surface area contributed by atoms with E-state index in [1.165, 1.54) is 23.9 Å². The van der Waals surface area contributed by atoms with Gasteiger partial charge >= 0.3 is 6.18 Å². The lowest BCUT2D eigenvalue weighted by molar-refractivity contribution is -0.143. The predicted molar refractivity (Wildman–Crippen MR) is 97.9 cm³/mol. The topological polar surface area (TPSA) is 51.2 Å². The van der Waals surface area contributed by atoms with Gasteiger partial charge in [0.15, 0.2) is 17.3 Å². The molecule has 0 unspecified atom stereocenters. The summed E-state index contributed by atoms with van der Waals surface area (Å²) in [7, 11) is 0. The van der Waals surface area contributed by atoms with Crippen LogP contribution in [0.5, 0.6) is 0 Å². The maximum absolute atomic E-state index is 12.9. The molecular weight excluding hydrogens is 401 g/mol. The van der Waals surface area contributed by atoms with Crippen molar-refractivity contribution in [2.75, 3.05) is 5.75 Å². The number of hydrogen-bond acceptors (Lipinski definition) is 4. The lowest BCUT2D eigenvalue weighted by atomic mass is 9.76. The van der Waals surface area contributed by atoms with Gasteiger partial charge in [0.05, 0.1) is 10.6 Å². The first-order chi connectivity index (χ1) is 12.6. The minimum absolute atomic E-state index is 0.167. The fourth-order valence-corrected chi connectivity index (χ4v) is 4.44. The van der Waals surface area contributed by atoms with Crippen LogP contribution in [-0.4, -0.2) is 23.1 Å². The molecule has 0 spiro atoms. The fraction of sp³-hybridized carbons (Fsp3) is 0.526. The zero-order valence-electron chi connectivity index (χ0n) is 14.8. The first kappa shape index (κ1) is 22.0. The molecule has 0 saturated heterocycles. The molecule has 0 N–H and O–H groups in total. The summed E-state index contributed by atoms with van der Waals surface area (Å²) in [5, 5.41) is -0.349. The van der Waals surface area contributed by atoms with E-state index in [1.807, 2.05) is 6.92 Å². The normalized spacial score (nSPS) is 20.8. The van der Waals surface area contributed by atoms with Crippen LogP contribution in [-0.2, 0) is 20.6 Å². The highest BCUT2D eigenvalue weighted by molar-refractivity contribution is 7.99. The number of thioether (sulfide) groups is 1. The van der Waals surface area contributed by atoms with Gasteiger partial charge in [-0.3, -0.25) is 14.4 Å². The smallest absolute Gasteiger partial charge is 0.298 e. The van der Waals surface area contributed by atoms with Crippen molar-refractivity contribution in [1.29, 1.82) is 0 Å². The molecule has 8 heteroatoms. The van der Waals surface area contributed by atoms with E-state index in [-0.39, 0.29) is 47.6 Å². The minimum atomic E-state index is -4.52. The third-order valence-electron chi connectivity index (χ3n) is 4.48. The van der Waals surface area contributed by atoms with Crippen LogP contribution in [0.1, 0.15) is 44.6 Å². The van der Waals surface area contributed by atoms with Crippen LogP contribution in [0.2, 0.25) is 5.02 Å². The van der Waals surface area contributed by atoms with E-state index in [0.717, 1.165) is 6.07 Å². The molecule has 1 fully saturated rings. The average Bonchev–Trinajstić information content (AvgIpc) is 2.55. The molecule has 2 rings (SSSR count). The number of alkyl halides is 3. The molecule has 0 radical (unpaired) electrons. The number of halogens is 4. The SMILES string of the molecule is CCCC(=O)C1C(=O)CC(CCSc2ccc(Cl)c(C(F)(F)F)c2)CC1=O. The molecule has 1 aromatic carbocycles. The van der Waals surface area contributed by atoms with Gasteiger partial charge in [-0.05, 0) is 42.7 Å². The van der Waals surface area contributed by atoms with Crippen molar-refractivity contribution >= 4 is 40.7 Å². The van der Waals surface area contributed by atoms with Crippen LogP contribution in [0.4, 0.5) is 13.2 Å². The molecule has 0 aliphatic heterocycles. The van der Waals surface area contributed by atoms with Crippen LogP contribution in [0.15, 0.2) is 23.1 Å². The number of benzene rings is 1. The standard InChI is InChI=1S/C19H20ClF3O3S/c1-2-3-15(24)18-16(25)8-11(9-17(18)26)6-7-27-12-4-5-14(20)13(10-12)19(21,22)23/h4-5,10-11,18H,2-3,6-9H2,1H3. The molecule has 1 aromatic rings. The molecule has 148 valence electrons. The highest BCUT2D eigenvalue weighted by Gasteiger charge is 2.39. The van der Waals surface area contributed by atoms with E-state index >= 15 is 0 Å². The highest BCUT2D eigenvalue weighted by atomic mass is 35.5. The van der Waals surface area contributed by atoms with Crippen molar-refractivity contribution in [3.05, 3.63) is 28.8 Å². The molecule has 0 amide bonds. The summed E-state index contributed by atoms with van der Waals surface area (Å²) < 4.78 is 38.7. The number of carbonyl (C=O) groups excluding carboxylic acids is 3. The number of carbonyl (C=O) groups is 3. The number of hydrogen-bond donors (Lipinski definition) is 0. The van der Waals surface area contributed by atoms with Crippen LogP contribution in [0, 0.1) is 11.8 Å². The molecule has 1 aliphatic rings. The maximum atomic E-state index is 12.9. The molecule has 0 heterocycles. The van der Waals surface area contributed by atoms with E-state index in [2.05, 4.69) is 0 Å². The van der Waals surface area contributed by atoms with E-state index in [0.29, 0.717) is 23.5 Å². The Morgan fingerprint density at radius 2 is 1.85 bits per heavy atom. The van der Waals surface area contributed by atoms with Crippen LogP contribution >= 0.6 is 23.4 Å². The molecule has 1 saturated carbocycles. The maximum Gasteiger partial charge on any atom is 0.417 e. The Hall–Kier alpha value is -1.34. The fourth-order valence-electron chi connectivity index (χ4n) is 3.17. The zero-order valence-corrected chi connectivity index (χ0v) is 16.3. The summed E-state index contributed by atoms with van der Waals surface area (Å²) in [6.45, 7) is 1.82. The first-order valence-corrected chi connectivity index (χ1v) is 10.1. The predicted octanol–water partition coefficient (Wildman–Crippen LogP) is 5.37. The molecule has 0 bridgehead atoms. The van der Waals surface area contributed by atoms with Gasteiger partial charge in [0, 0.05) is 24.2 Å². The van der Waals surface area contributed by atoms with Crippen molar-refractivity contribution in [3.63, 3.8) is 0 Å². The van der Waals surface area contributed by atoms with Crippen molar-refractivity contribution < 1.29 is 27.6 Å². The van der Waals surface area contributed by atoms with Gasteiger partial charge in [0.2, 0.25) is 0 Å². The summed E-state index contributed by atoms with van der Waals surface area (Å²) in [5.74, 6) is -1.77. The Kier molecular flexibility index (Phi) is 7.51. The van der Waals surface area contributed by atoms with E-state index in [1.54, 1.807) is 0 Å². The second kappa shape index (κ2) is 9.24. The molecule has 1 aliphatic carbocycles. The molecule has 0 atom stereocenters. The minimum Gasteiger partial charge on any atom is -0.298 e. The van der Waals surface area contributed by atoms with Crippen LogP contribution in [0.3, 0.4) is 0 Å². The quantitative estimate of drug-likeness (QED) is 0.439. The number of ketones is 3. The van der Waals surface area contributed by atoms with Crippen LogP contribution in [0.25, 0.3) is 0 Å². The van der Waals surface area contributed by atoms with Crippen LogP contribution < -0.4 is 0 Å². The van der Waals surface area contributed by atoms with Gasteiger partial charge in [-0.2, -0.15) is 13.2 Å². The second-order valence-corrected chi connectivity index (χ2v) is 8.21. The average molecular weight is 421 g/mol. The Morgan fingerprint density at radius 1 is 1.22 bits per heavy atom. The van der Waals surface area contributed by atoms with E-state index < -0.39 is 17.7 Å². The molecular formula is C19H20ClF3O3S. The molecule has 0 aromatic heterocycles. The monoisotopic (exact) mass is 420 g/mol. The Bertz CT molecular complexity index is 715. The van der Waals surface area contributed by atoms with E-state index in [4.69, 9.17) is 11.6 Å². The van der Waals surface area contributed by atoms with Gasteiger partial charge < -0.3 is 0 Å². The highest BCUT2D eigenvalue weighted by Crippen LogP contribution is 2.37. The lowest BCUT2D eigenvalue weighted by Crippen LogP contribution is -2.38. The summed E-state index contributed by atoms with van der Waals surface area (Å²) >= 11 is 6.82. The van der Waals surface area contributed by atoms with E-state index in [9.17, 15) is 27.6 Å².